The van der Waals surface area contributed by atoms with E-state index in [1.165, 1.54) is 0 Å². The van der Waals surface area contributed by atoms with Crippen molar-refractivity contribution in [2.45, 2.75) is 0 Å². The van der Waals surface area contributed by atoms with Crippen LogP contribution in [0.2, 0.25) is 0 Å². The molecule has 3 heterocycles. The lowest BCUT2D eigenvalue weighted by Gasteiger charge is -2.13. The topological polar surface area (TPSA) is 77.8 Å². The van der Waals surface area contributed by atoms with E-state index in [0.717, 1.165) is 104 Å². The van der Waals surface area contributed by atoms with Gasteiger partial charge in [0.05, 0.1) is 10.9 Å². The first-order chi connectivity index (χ1) is 31.7. The third kappa shape index (κ3) is 5.81. The van der Waals surface area contributed by atoms with Crippen LogP contribution in [0.5, 0.6) is 0 Å². The van der Waals surface area contributed by atoms with E-state index in [1.807, 2.05) is 72.8 Å². The number of hydrogen-bond donors (Lipinski definition) is 0. The maximum absolute atomic E-state index is 6.91. The second kappa shape index (κ2) is 14.4. The Morgan fingerprint density at radius 1 is 0.312 bits per heavy atom. The van der Waals surface area contributed by atoms with E-state index in [1.54, 1.807) is 0 Å². The molecule has 0 saturated carbocycles. The summed E-state index contributed by atoms with van der Waals surface area (Å²) in [5.74, 6) is 2.47. The fourth-order valence-corrected chi connectivity index (χ4v) is 9.35. The van der Waals surface area contributed by atoms with E-state index >= 15 is 0 Å². The van der Waals surface area contributed by atoms with Gasteiger partial charge in [-0.1, -0.05) is 188 Å². The molecule has 0 N–H and O–H groups in total. The molecule has 13 aromatic rings. The van der Waals surface area contributed by atoms with Gasteiger partial charge in [0.1, 0.15) is 16.7 Å². The van der Waals surface area contributed by atoms with Crippen LogP contribution in [-0.2, 0) is 0 Å². The van der Waals surface area contributed by atoms with Crippen LogP contribution in [0.1, 0.15) is 0 Å². The molecule has 298 valence electrons. The highest BCUT2D eigenvalue weighted by Crippen LogP contribution is 2.46. The first-order valence-corrected chi connectivity index (χ1v) is 21.4. The second-order valence-electron chi connectivity index (χ2n) is 16.1. The average Bonchev–Trinajstić information content (AvgIpc) is 3.97. The molecule has 0 unspecified atom stereocenters. The molecule has 0 aliphatic heterocycles. The lowest BCUT2D eigenvalue weighted by atomic mass is 9.91. The van der Waals surface area contributed by atoms with Crippen LogP contribution >= 0.6 is 0 Å². The largest absolute Gasteiger partial charge is 0.455 e. The van der Waals surface area contributed by atoms with Crippen molar-refractivity contribution in [1.29, 1.82) is 0 Å². The lowest BCUT2D eigenvalue weighted by molar-refractivity contribution is 0.621. The van der Waals surface area contributed by atoms with Gasteiger partial charge in [-0.25, -0.2) is 19.9 Å². The summed E-state index contributed by atoms with van der Waals surface area (Å²) < 4.78 is 13.7. The minimum atomic E-state index is 0.583. The van der Waals surface area contributed by atoms with Crippen molar-refractivity contribution in [3.8, 4) is 67.9 Å². The minimum absolute atomic E-state index is 0.583. The van der Waals surface area contributed by atoms with E-state index in [-0.39, 0.29) is 0 Å². The lowest BCUT2D eigenvalue weighted by Crippen LogP contribution is -2.00. The monoisotopic (exact) mass is 818 g/mol. The summed E-state index contributed by atoms with van der Waals surface area (Å²) >= 11 is 0. The number of oxazole rings is 1. The van der Waals surface area contributed by atoms with Crippen molar-refractivity contribution in [3.63, 3.8) is 0 Å². The first-order valence-electron chi connectivity index (χ1n) is 21.4. The molecular formula is C58H34N4O2. The number of aromatic nitrogens is 4. The minimum Gasteiger partial charge on any atom is -0.455 e. The summed E-state index contributed by atoms with van der Waals surface area (Å²) in [6.45, 7) is 0. The molecule has 10 aromatic carbocycles. The van der Waals surface area contributed by atoms with E-state index in [4.69, 9.17) is 28.8 Å². The van der Waals surface area contributed by atoms with Crippen LogP contribution in [0.25, 0.3) is 133 Å². The van der Waals surface area contributed by atoms with E-state index in [0.29, 0.717) is 28.9 Å². The second-order valence-corrected chi connectivity index (χ2v) is 16.1. The Bertz CT molecular complexity index is 3840. The quantitative estimate of drug-likeness (QED) is 0.156. The Morgan fingerprint density at radius 2 is 0.797 bits per heavy atom. The van der Waals surface area contributed by atoms with Crippen LogP contribution in [-0.4, -0.2) is 19.9 Å². The van der Waals surface area contributed by atoms with Gasteiger partial charge >= 0.3 is 0 Å². The number of fused-ring (bicyclic) bond motifs is 8. The fourth-order valence-electron chi connectivity index (χ4n) is 9.35. The standard InChI is InChI=1S/C58H34N4O2/c1-3-15-36(16-4-1)55-60-56(37-17-5-2-6-18-37)62-57(61-55)38-29-27-35(28-30-38)41-31-32-46(45-24-12-11-23-44(41)45)48-34-50-53(52-47-25-13-14-26-49(47)63-54(48)52)59-58(64-50)51-42-21-9-7-19-39(42)33-40-20-8-10-22-43(40)51/h1-34H. The third-order valence-electron chi connectivity index (χ3n) is 12.4. The molecular weight excluding hydrogens is 785 g/mol. The first kappa shape index (κ1) is 36.0. The van der Waals surface area contributed by atoms with Crippen LogP contribution in [0.15, 0.2) is 215 Å². The maximum Gasteiger partial charge on any atom is 0.228 e. The highest BCUT2D eigenvalue weighted by atomic mass is 16.4. The van der Waals surface area contributed by atoms with Crippen molar-refractivity contribution in [2.75, 3.05) is 0 Å². The van der Waals surface area contributed by atoms with E-state index in [9.17, 15) is 0 Å². The zero-order valence-corrected chi connectivity index (χ0v) is 34.2. The summed E-state index contributed by atoms with van der Waals surface area (Å²) in [5.41, 5.74) is 11.0. The number of furan rings is 1. The molecule has 0 aliphatic carbocycles. The van der Waals surface area contributed by atoms with Gasteiger partial charge in [-0.2, -0.15) is 0 Å². The van der Waals surface area contributed by atoms with Crippen molar-refractivity contribution in [2.24, 2.45) is 0 Å². The van der Waals surface area contributed by atoms with Crippen molar-refractivity contribution in [1.82, 2.24) is 19.9 Å². The summed E-state index contributed by atoms with van der Waals surface area (Å²) in [4.78, 5) is 20.1. The molecule has 0 spiro atoms. The molecule has 64 heavy (non-hydrogen) atoms. The highest BCUT2D eigenvalue weighted by Gasteiger charge is 2.24. The summed E-state index contributed by atoms with van der Waals surface area (Å²) in [6, 6.07) is 71.1. The van der Waals surface area contributed by atoms with Gasteiger partial charge in [0.15, 0.2) is 23.1 Å². The Kier molecular flexibility index (Phi) is 8.11. The van der Waals surface area contributed by atoms with Crippen molar-refractivity contribution in [3.05, 3.63) is 206 Å². The van der Waals surface area contributed by atoms with E-state index in [2.05, 4.69) is 133 Å². The van der Waals surface area contributed by atoms with Gasteiger partial charge < -0.3 is 8.83 Å². The number of benzene rings is 10. The molecule has 0 atom stereocenters. The molecule has 0 bridgehead atoms. The zero-order valence-electron chi connectivity index (χ0n) is 34.2. The Morgan fingerprint density at radius 3 is 1.42 bits per heavy atom. The molecule has 6 heteroatoms. The van der Waals surface area contributed by atoms with Gasteiger partial charge in [-0.05, 0) is 67.2 Å². The smallest absolute Gasteiger partial charge is 0.228 e. The molecule has 0 aliphatic rings. The van der Waals surface area contributed by atoms with Gasteiger partial charge in [0.25, 0.3) is 0 Å². The molecule has 3 aromatic heterocycles. The fraction of sp³-hybridized carbons (Fsp3) is 0. The Balaban J connectivity index is 0.958. The molecule has 0 radical (unpaired) electrons. The van der Waals surface area contributed by atoms with Crippen LogP contribution in [0.4, 0.5) is 0 Å². The third-order valence-corrected chi connectivity index (χ3v) is 12.4. The molecule has 6 nitrogen and oxygen atoms in total. The van der Waals surface area contributed by atoms with Crippen molar-refractivity contribution >= 4 is 65.4 Å². The zero-order chi connectivity index (χ0) is 42.1. The molecule has 0 saturated heterocycles. The molecule has 0 fully saturated rings. The molecule has 13 rings (SSSR count). The number of hydrogen-bond acceptors (Lipinski definition) is 6. The van der Waals surface area contributed by atoms with Crippen molar-refractivity contribution < 1.29 is 8.83 Å². The molecule has 0 amide bonds. The number of rotatable bonds is 6. The van der Waals surface area contributed by atoms with Crippen LogP contribution in [0.3, 0.4) is 0 Å². The average molecular weight is 819 g/mol. The normalized spacial score (nSPS) is 11.8. The number of para-hydroxylation sites is 1. The van der Waals surface area contributed by atoms with Crippen LogP contribution in [0, 0.1) is 0 Å². The Hall–Kier alpha value is -8.74. The SMILES string of the molecule is c1ccc(-c2nc(-c3ccccc3)nc(-c3ccc(-c4ccc(-c5cc6oc(-c7c8ccccc8cc8ccccc78)nc6c6c5oc5ccccc56)c5ccccc45)cc3)n2)cc1. The summed E-state index contributed by atoms with van der Waals surface area (Å²) in [5, 5.41) is 8.63. The summed E-state index contributed by atoms with van der Waals surface area (Å²) in [7, 11) is 0. The maximum atomic E-state index is 6.91. The van der Waals surface area contributed by atoms with Gasteiger partial charge in [0.2, 0.25) is 5.89 Å². The highest BCUT2D eigenvalue weighted by molar-refractivity contribution is 6.23. The predicted octanol–water partition coefficient (Wildman–Crippen LogP) is 15.4. The van der Waals surface area contributed by atoms with Gasteiger partial charge in [-0.3, -0.25) is 0 Å². The van der Waals surface area contributed by atoms with Crippen LogP contribution < -0.4 is 0 Å². The number of nitrogens with zero attached hydrogens (tertiary/aromatic N) is 4. The van der Waals surface area contributed by atoms with Gasteiger partial charge in [0, 0.05) is 27.6 Å². The van der Waals surface area contributed by atoms with E-state index < -0.39 is 0 Å². The van der Waals surface area contributed by atoms with Gasteiger partial charge in [-0.15, -0.1) is 0 Å². The summed E-state index contributed by atoms with van der Waals surface area (Å²) in [6.07, 6.45) is 0. The Labute approximate surface area is 366 Å². The predicted molar refractivity (Wildman–Crippen MR) is 260 cm³/mol.